The maximum absolute atomic E-state index is 14.3. The van der Waals surface area contributed by atoms with Crippen molar-refractivity contribution in [1.82, 2.24) is 9.88 Å². The number of aliphatic carboxylic acids is 1. The first-order valence-corrected chi connectivity index (χ1v) is 15.9. The van der Waals surface area contributed by atoms with Crippen LogP contribution in [-0.4, -0.2) is 51.3 Å². The summed E-state index contributed by atoms with van der Waals surface area (Å²) in [5.41, 5.74) is 2.06. The number of carboxylic acids is 1. The standard InChI is InChI=1S/C34H38N2O5S/c1-22-13-15-23(16-14-22)17-24-9-5-3-2-4-6-10-25-19-34(25,32(39)40)20-29(37)28-18-26(21-36(28)31(24)38)41-33-35-27-11-7-8-12-30(27)42-33/h6-8,10-16,24-26,28H,2-5,9,17-21H2,1H3,(H,39,40)/b10-6-/t24-,25-,26-,28+,34-/m1/s1. The van der Waals surface area contributed by atoms with Crippen LogP contribution in [0.1, 0.15) is 62.5 Å². The second kappa shape index (κ2) is 12.0. The molecule has 1 amide bonds. The highest BCUT2D eigenvalue weighted by Crippen LogP contribution is 2.57. The molecule has 2 aliphatic heterocycles. The van der Waals surface area contributed by atoms with Crippen molar-refractivity contribution in [3.8, 4) is 5.19 Å². The van der Waals surface area contributed by atoms with E-state index in [9.17, 15) is 19.5 Å². The number of amides is 1. The molecule has 0 radical (unpaired) electrons. The molecule has 1 saturated heterocycles. The normalized spacial score (nSPS) is 29.3. The number of carbonyl (C=O) groups excluding carboxylic acids is 2. The Labute approximate surface area is 250 Å². The summed E-state index contributed by atoms with van der Waals surface area (Å²) >= 11 is 1.45. The molecule has 3 heterocycles. The number of carboxylic acid groups (broad SMARTS) is 1. The fourth-order valence-electron chi connectivity index (χ4n) is 6.66. The number of nitrogens with zero attached hydrogens (tertiary/aromatic N) is 2. The van der Waals surface area contributed by atoms with Crippen molar-refractivity contribution >= 4 is 39.2 Å². The summed E-state index contributed by atoms with van der Waals surface area (Å²) in [6, 6.07) is 15.4. The van der Waals surface area contributed by atoms with Crippen molar-refractivity contribution in [1.29, 1.82) is 0 Å². The van der Waals surface area contributed by atoms with E-state index in [1.165, 1.54) is 16.9 Å². The number of ether oxygens (including phenoxy) is 1. The SMILES string of the molecule is Cc1ccc(C[C@H]2CCCCC/C=C\[C@@H]3C[C@@]3(C(=O)O)CC(=O)[C@@H]3C[C@@H](Oc4nc5ccccc5s4)CN3C2=O)cc1. The number of Topliss-reactive ketones (excluding diaryl/α,β-unsaturated/α-hetero) is 1. The highest BCUT2D eigenvalue weighted by atomic mass is 32.1. The Morgan fingerprint density at radius 1 is 1.12 bits per heavy atom. The lowest BCUT2D eigenvalue weighted by Crippen LogP contribution is -2.45. The van der Waals surface area contributed by atoms with E-state index >= 15 is 0 Å². The molecule has 1 aliphatic carbocycles. The van der Waals surface area contributed by atoms with Crippen molar-refractivity contribution in [3.05, 3.63) is 71.8 Å². The summed E-state index contributed by atoms with van der Waals surface area (Å²) < 4.78 is 7.32. The highest BCUT2D eigenvalue weighted by Gasteiger charge is 2.61. The Hall–Kier alpha value is -3.52. The predicted molar refractivity (Wildman–Crippen MR) is 163 cm³/mol. The molecule has 8 heteroatoms. The van der Waals surface area contributed by atoms with Crippen LogP contribution in [0.2, 0.25) is 0 Å². The monoisotopic (exact) mass is 586 g/mol. The first-order chi connectivity index (χ1) is 20.3. The Morgan fingerprint density at radius 2 is 1.93 bits per heavy atom. The number of hydrogen-bond donors (Lipinski definition) is 1. The fourth-order valence-corrected chi connectivity index (χ4v) is 7.54. The van der Waals surface area contributed by atoms with Crippen LogP contribution in [0.25, 0.3) is 10.2 Å². The number of fused-ring (bicyclic) bond motifs is 3. The van der Waals surface area contributed by atoms with E-state index in [1.54, 1.807) is 4.90 Å². The average molecular weight is 587 g/mol. The van der Waals surface area contributed by atoms with Gasteiger partial charge in [-0.25, -0.2) is 4.98 Å². The molecule has 6 rings (SSSR count). The minimum absolute atomic E-state index is 0.0333. The van der Waals surface area contributed by atoms with E-state index in [2.05, 4.69) is 35.3 Å². The fraction of sp³-hybridized carbons (Fsp3) is 0.471. The van der Waals surface area contributed by atoms with Crippen molar-refractivity contribution in [2.45, 2.75) is 76.9 Å². The number of hydrogen-bond acceptors (Lipinski definition) is 6. The lowest BCUT2D eigenvalue weighted by atomic mass is 9.90. The average Bonchev–Trinajstić information content (AvgIpc) is 3.29. The second-order valence-electron chi connectivity index (χ2n) is 12.3. The maximum atomic E-state index is 14.3. The van der Waals surface area contributed by atoms with Crippen molar-refractivity contribution < 1.29 is 24.2 Å². The van der Waals surface area contributed by atoms with Crippen LogP contribution < -0.4 is 4.74 Å². The van der Waals surface area contributed by atoms with E-state index < -0.39 is 23.5 Å². The minimum Gasteiger partial charge on any atom is -0.481 e. The molecule has 0 unspecified atom stereocenters. The van der Waals surface area contributed by atoms with Crippen LogP contribution in [-0.2, 0) is 20.8 Å². The molecule has 1 saturated carbocycles. The van der Waals surface area contributed by atoms with Gasteiger partial charge in [-0.1, -0.05) is 78.3 Å². The number of para-hydroxylation sites is 1. The van der Waals surface area contributed by atoms with E-state index in [4.69, 9.17) is 4.74 Å². The first kappa shape index (κ1) is 28.6. The van der Waals surface area contributed by atoms with Crippen LogP contribution in [0, 0.1) is 24.2 Å². The van der Waals surface area contributed by atoms with E-state index in [1.807, 2.05) is 37.3 Å². The quantitative estimate of drug-likeness (QED) is 0.349. The molecular formula is C34H38N2O5S. The molecular weight excluding hydrogens is 548 g/mol. The number of benzene rings is 2. The summed E-state index contributed by atoms with van der Waals surface area (Å²) in [7, 11) is 0. The number of allylic oxidation sites excluding steroid dienone is 2. The third-order valence-electron chi connectivity index (χ3n) is 9.25. The molecule has 3 aromatic rings. The van der Waals surface area contributed by atoms with Crippen molar-refractivity contribution in [3.63, 3.8) is 0 Å². The van der Waals surface area contributed by atoms with Gasteiger partial charge in [0, 0.05) is 18.8 Å². The third kappa shape index (κ3) is 6.00. The van der Waals surface area contributed by atoms with E-state index in [0.717, 1.165) is 47.9 Å². The zero-order valence-electron chi connectivity index (χ0n) is 24.0. The largest absolute Gasteiger partial charge is 0.481 e. The molecule has 0 spiro atoms. The van der Waals surface area contributed by atoms with Gasteiger partial charge in [-0.15, -0.1) is 0 Å². The topological polar surface area (TPSA) is 96.8 Å². The van der Waals surface area contributed by atoms with Crippen LogP contribution in [0.4, 0.5) is 0 Å². The lowest BCUT2D eigenvalue weighted by Gasteiger charge is -2.29. The zero-order chi connectivity index (χ0) is 29.3. The van der Waals surface area contributed by atoms with Crippen molar-refractivity contribution in [2.24, 2.45) is 17.3 Å². The highest BCUT2D eigenvalue weighted by molar-refractivity contribution is 7.20. The molecule has 1 N–H and O–H groups in total. The summed E-state index contributed by atoms with van der Waals surface area (Å²) in [4.78, 5) is 46.9. The zero-order valence-corrected chi connectivity index (χ0v) is 24.9. The molecule has 1 aromatic heterocycles. The van der Waals surface area contributed by atoms with Crippen LogP contribution in [0.3, 0.4) is 0 Å². The lowest BCUT2D eigenvalue weighted by molar-refractivity contribution is -0.147. The number of ketones is 1. The van der Waals surface area contributed by atoms with Gasteiger partial charge in [0.15, 0.2) is 5.78 Å². The summed E-state index contributed by atoms with van der Waals surface area (Å²) in [5.74, 6) is -1.54. The van der Waals surface area contributed by atoms with Gasteiger partial charge in [-0.05, 0) is 62.6 Å². The Kier molecular flexibility index (Phi) is 8.17. The Morgan fingerprint density at radius 3 is 2.71 bits per heavy atom. The molecule has 2 fully saturated rings. The summed E-state index contributed by atoms with van der Waals surface area (Å²) in [6.45, 7) is 2.34. The van der Waals surface area contributed by atoms with Gasteiger partial charge in [-0.2, -0.15) is 0 Å². The first-order valence-electron chi connectivity index (χ1n) is 15.1. The molecule has 0 bridgehead atoms. The van der Waals surface area contributed by atoms with Gasteiger partial charge in [0.1, 0.15) is 6.10 Å². The molecule has 7 nitrogen and oxygen atoms in total. The minimum atomic E-state index is -1.07. The van der Waals surface area contributed by atoms with Crippen molar-refractivity contribution in [2.75, 3.05) is 6.54 Å². The molecule has 2 aromatic carbocycles. The number of aryl methyl sites for hydroxylation is 1. The Bertz CT molecular complexity index is 1460. The van der Waals surface area contributed by atoms with E-state index in [-0.39, 0.29) is 29.9 Å². The van der Waals surface area contributed by atoms with Gasteiger partial charge in [0.2, 0.25) is 5.91 Å². The molecule has 42 heavy (non-hydrogen) atoms. The number of aromatic nitrogens is 1. The van der Waals surface area contributed by atoms with Crippen LogP contribution in [0.5, 0.6) is 5.19 Å². The number of thiazole rings is 1. The van der Waals surface area contributed by atoms with Gasteiger partial charge in [0.25, 0.3) is 5.19 Å². The third-order valence-corrected chi connectivity index (χ3v) is 10.2. The summed E-state index contributed by atoms with van der Waals surface area (Å²) in [6.07, 6.45) is 9.60. The number of carbonyl (C=O) groups is 3. The van der Waals surface area contributed by atoms with Gasteiger partial charge in [-0.3, -0.25) is 14.4 Å². The second-order valence-corrected chi connectivity index (χ2v) is 13.3. The Balaban J connectivity index is 1.28. The van der Waals surface area contributed by atoms with Gasteiger partial charge in [0.05, 0.1) is 28.2 Å². The number of rotatable bonds is 5. The predicted octanol–water partition coefficient (Wildman–Crippen LogP) is 6.38. The van der Waals surface area contributed by atoms with Crippen LogP contribution in [0.15, 0.2) is 60.7 Å². The molecule has 220 valence electrons. The summed E-state index contributed by atoms with van der Waals surface area (Å²) in [5, 5.41) is 10.7. The van der Waals surface area contributed by atoms with Crippen LogP contribution >= 0.6 is 11.3 Å². The maximum Gasteiger partial charge on any atom is 0.310 e. The molecule has 5 atom stereocenters. The van der Waals surface area contributed by atoms with Gasteiger partial charge >= 0.3 is 5.97 Å². The van der Waals surface area contributed by atoms with Gasteiger partial charge < -0.3 is 14.7 Å². The van der Waals surface area contributed by atoms with E-state index in [0.29, 0.717) is 31.0 Å². The smallest absolute Gasteiger partial charge is 0.310 e. The molecule has 3 aliphatic rings.